The minimum absolute atomic E-state index is 0.00362. The molecule has 0 bridgehead atoms. The zero-order chi connectivity index (χ0) is 23.3. The number of hydrogen-bond acceptors (Lipinski definition) is 5. The van der Waals surface area contributed by atoms with Gasteiger partial charge in [0.05, 0.1) is 17.0 Å². The fourth-order valence-corrected chi connectivity index (χ4v) is 4.93. The molecule has 1 N–H and O–H groups in total. The first-order valence-electron chi connectivity index (χ1n) is 9.87. The van der Waals surface area contributed by atoms with E-state index in [0.29, 0.717) is 5.56 Å². The van der Waals surface area contributed by atoms with Gasteiger partial charge < -0.3 is 10.2 Å². The van der Waals surface area contributed by atoms with Crippen molar-refractivity contribution >= 4 is 28.9 Å². The first-order chi connectivity index (χ1) is 15.0. The molecule has 3 heterocycles. The predicted octanol–water partition coefficient (Wildman–Crippen LogP) is 3.86. The Kier molecular flexibility index (Phi) is 5.23. The number of halogens is 3. The van der Waals surface area contributed by atoms with Gasteiger partial charge >= 0.3 is 6.18 Å². The van der Waals surface area contributed by atoms with E-state index in [1.807, 2.05) is 5.32 Å². The highest BCUT2D eigenvalue weighted by Gasteiger charge is 2.71. The molecule has 0 fully saturated rings. The number of aromatic nitrogens is 1. The highest BCUT2D eigenvalue weighted by atomic mass is 32.1. The largest absolute Gasteiger partial charge is 0.425 e. The van der Waals surface area contributed by atoms with E-state index in [2.05, 4.69) is 4.98 Å². The van der Waals surface area contributed by atoms with Crippen LogP contribution in [0.4, 0.5) is 13.2 Å². The van der Waals surface area contributed by atoms with E-state index in [1.54, 1.807) is 31.4 Å². The van der Waals surface area contributed by atoms with Gasteiger partial charge in [0, 0.05) is 24.5 Å². The van der Waals surface area contributed by atoms with Crippen molar-refractivity contribution in [2.45, 2.75) is 44.9 Å². The molecule has 4 rings (SSSR count). The summed E-state index contributed by atoms with van der Waals surface area (Å²) in [6, 6.07) is 6.12. The molecule has 1 atom stereocenters. The number of nitrogens with one attached hydrogen (secondary N) is 1. The maximum Gasteiger partial charge on any atom is 0.425 e. The van der Waals surface area contributed by atoms with Crippen molar-refractivity contribution in [2.75, 3.05) is 0 Å². The van der Waals surface area contributed by atoms with Crippen LogP contribution in [0.25, 0.3) is 0 Å². The number of carbonyl (C=O) groups is 3. The Balaban J connectivity index is 1.88. The fraction of sp³-hybridized carbons (Fsp3) is 0.364. The van der Waals surface area contributed by atoms with Crippen molar-refractivity contribution in [3.8, 4) is 0 Å². The summed E-state index contributed by atoms with van der Waals surface area (Å²) in [5.41, 5.74) is -4.24. The molecule has 1 unspecified atom stereocenters. The van der Waals surface area contributed by atoms with Crippen LogP contribution in [0, 0.1) is 5.41 Å². The molecule has 0 radical (unpaired) electrons. The van der Waals surface area contributed by atoms with Gasteiger partial charge in [0.15, 0.2) is 5.78 Å². The minimum Gasteiger partial charge on any atom is -0.326 e. The molecule has 0 aromatic carbocycles. The van der Waals surface area contributed by atoms with Crippen LogP contribution < -0.4 is 5.32 Å². The van der Waals surface area contributed by atoms with Gasteiger partial charge in [-0.2, -0.15) is 13.2 Å². The summed E-state index contributed by atoms with van der Waals surface area (Å²) in [6.45, 7) is 3.33. The molecule has 10 heteroatoms. The van der Waals surface area contributed by atoms with Crippen molar-refractivity contribution in [3.63, 3.8) is 0 Å². The van der Waals surface area contributed by atoms with Crippen LogP contribution in [0.3, 0.4) is 0 Å². The maximum atomic E-state index is 14.7. The zero-order valence-corrected chi connectivity index (χ0v) is 18.1. The van der Waals surface area contributed by atoms with Crippen LogP contribution in [-0.4, -0.2) is 39.2 Å². The topological polar surface area (TPSA) is 79.4 Å². The van der Waals surface area contributed by atoms with Crippen molar-refractivity contribution < 1.29 is 27.6 Å². The summed E-state index contributed by atoms with van der Waals surface area (Å²) < 4.78 is 44.0. The van der Waals surface area contributed by atoms with Gasteiger partial charge in [0.1, 0.15) is 0 Å². The third-order valence-corrected chi connectivity index (χ3v) is 6.52. The average molecular weight is 463 g/mol. The second-order valence-electron chi connectivity index (χ2n) is 8.69. The van der Waals surface area contributed by atoms with E-state index >= 15 is 0 Å². The van der Waals surface area contributed by atoms with Gasteiger partial charge in [-0.1, -0.05) is 26.0 Å². The number of hydrogen-bond donors (Lipinski definition) is 1. The first-order valence-corrected chi connectivity index (χ1v) is 10.7. The third-order valence-electron chi connectivity index (χ3n) is 5.65. The highest BCUT2D eigenvalue weighted by Crippen LogP contribution is 2.52. The molecule has 2 aromatic heterocycles. The number of nitrogens with zero attached hydrogens (tertiary/aromatic N) is 2. The smallest absolute Gasteiger partial charge is 0.326 e. The lowest BCUT2D eigenvalue weighted by molar-refractivity contribution is -0.190. The Morgan fingerprint density at radius 2 is 1.97 bits per heavy atom. The van der Waals surface area contributed by atoms with Gasteiger partial charge in [-0.25, -0.2) is 0 Å². The quantitative estimate of drug-likeness (QED) is 0.747. The van der Waals surface area contributed by atoms with Crippen molar-refractivity contribution in [1.82, 2.24) is 15.2 Å². The lowest BCUT2D eigenvalue weighted by Gasteiger charge is -2.35. The van der Waals surface area contributed by atoms with E-state index in [0.717, 1.165) is 16.2 Å². The van der Waals surface area contributed by atoms with Crippen LogP contribution >= 0.6 is 11.3 Å². The van der Waals surface area contributed by atoms with Crippen LogP contribution in [0.1, 0.15) is 41.9 Å². The highest BCUT2D eigenvalue weighted by molar-refractivity contribution is 7.12. The number of pyridine rings is 1. The summed E-state index contributed by atoms with van der Waals surface area (Å²) in [4.78, 5) is 44.2. The summed E-state index contributed by atoms with van der Waals surface area (Å²) in [7, 11) is 0. The van der Waals surface area contributed by atoms with E-state index < -0.39 is 40.3 Å². The molecule has 168 valence electrons. The number of rotatable bonds is 4. The maximum absolute atomic E-state index is 14.7. The molecule has 0 saturated carbocycles. The number of Topliss-reactive ketones (excluding diaryl/α,β-unsaturated/α-hetero) is 1. The number of ketones is 1. The van der Waals surface area contributed by atoms with Crippen molar-refractivity contribution in [3.05, 3.63) is 63.7 Å². The second kappa shape index (κ2) is 7.54. The lowest BCUT2D eigenvalue weighted by Crippen LogP contribution is -2.66. The molecule has 6 nitrogen and oxygen atoms in total. The van der Waals surface area contributed by atoms with Crippen LogP contribution in [0.15, 0.2) is 53.3 Å². The second-order valence-corrected chi connectivity index (χ2v) is 9.64. The molecule has 32 heavy (non-hydrogen) atoms. The Morgan fingerprint density at radius 3 is 2.56 bits per heavy atom. The molecule has 2 aliphatic rings. The Morgan fingerprint density at radius 1 is 1.22 bits per heavy atom. The van der Waals surface area contributed by atoms with Crippen LogP contribution in [-0.2, 0) is 16.1 Å². The summed E-state index contributed by atoms with van der Waals surface area (Å²) in [5, 5.41) is 3.46. The van der Waals surface area contributed by atoms with Gasteiger partial charge in [-0.05, 0) is 34.9 Å². The third kappa shape index (κ3) is 3.52. The number of allylic oxidation sites excluding steroid dienone is 1. The molecule has 0 saturated heterocycles. The minimum atomic E-state index is -5.22. The van der Waals surface area contributed by atoms with Gasteiger partial charge in [0.25, 0.3) is 11.8 Å². The van der Waals surface area contributed by atoms with E-state index in [-0.39, 0.29) is 30.0 Å². The lowest BCUT2D eigenvalue weighted by atomic mass is 9.72. The summed E-state index contributed by atoms with van der Waals surface area (Å²) in [5.74, 6) is -3.23. The monoisotopic (exact) mass is 463 g/mol. The molecule has 1 aliphatic heterocycles. The zero-order valence-electron chi connectivity index (χ0n) is 17.3. The molecule has 1 aliphatic carbocycles. The summed E-state index contributed by atoms with van der Waals surface area (Å²) >= 11 is 0.945. The molecular weight excluding hydrogens is 443 g/mol. The number of carbonyl (C=O) groups excluding carboxylic acids is 3. The standard InChI is InChI=1S/C22H20F3N3O3S/c1-20(2)9-14-17(15(29)10-20)21(22(23,24)25,27-18(30)16-6-4-8-32-16)19(31)28(14)12-13-5-3-7-26-11-13/h3-8,11H,9-10,12H2,1-2H3,(H,27,30). The SMILES string of the molecule is CC1(C)CC(=O)C2=C(C1)N(Cc1cccnc1)C(=O)C2(NC(=O)c1cccs1)C(F)(F)F. The molecule has 2 amide bonds. The first kappa shape index (κ1) is 22.2. The van der Waals surface area contributed by atoms with Crippen molar-refractivity contribution in [2.24, 2.45) is 5.41 Å². The number of thiophene rings is 1. The normalized spacial score (nSPS) is 22.8. The predicted molar refractivity (Wildman–Crippen MR) is 110 cm³/mol. The molecular formula is C22H20F3N3O3S. The molecule has 0 spiro atoms. The van der Waals surface area contributed by atoms with Gasteiger partial charge in [-0.3, -0.25) is 19.4 Å². The average Bonchev–Trinajstić information content (AvgIpc) is 3.30. The Bertz CT molecular complexity index is 1110. The number of amides is 2. The summed E-state index contributed by atoms with van der Waals surface area (Å²) in [6.07, 6.45) is -2.34. The van der Waals surface area contributed by atoms with E-state index in [4.69, 9.17) is 0 Å². The Hall–Kier alpha value is -3.01. The van der Waals surface area contributed by atoms with Gasteiger partial charge in [-0.15, -0.1) is 11.3 Å². The number of alkyl halides is 3. The van der Waals surface area contributed by atoms with Crippen molar-refractivity contribution in [1.29, 1.82) is 0 Å². The fourth-order valence-electron chi connectivity index (χ4n) is 4.31. The van der Waals surface area contributed by atoms with E-state index in [1.165, 1.54) is 24.5 Å². The van der Waals surface area contributed by atoms with Crippen LogP contribution in [0.2, 0.25) is 0 Å². The molecule has 2 aromatic rings. The van der Waals surface area contributed by atoms with Gasteiger partial charge in [0.2, 0.25) is 5.54 Å². The Labute approximate surface area is 186 Å². The van der Waals surface area contributed by atoms with E-state index in [9.17, 15) is 27.6 Å². The van der Waals surface area contributed by atoms with Crippen LogP contribution in [0.5, 0.6) is 0 Å².